The highest BCUT2D eigenvalue weighted by Gasteiger charge is 2.13. The molecule has 1 heterocycles. The van der Waals surface area contributed by atoms with E-state index in [0.717, 1.165) is 25.3 Å². The number of rotatable bonds is 11. The minimum Gasteiger partial charge on any atom is -0.314 e. The van der Waals surface area contributed by atoms with Gasteiger partial charge in [0.05, 0.1) is 0 Å². The summed E-state index contributed by atoms with van der Waals surface area (Å²) >= 11 is 0. The van der Waals surface area contributed by atoms with E-state index in [1.165, 1.54) is 32.1 Å². The highest BCUT2D eigenvalue weighted by atomic mass is 15.3. The molecule has 0 aliphatic rings. The van der Waals surface area contributed by atoms with Gasteiger partial charge in [0.15, 0.2) is 0 Å². The van der Waals surface area contributed by atoms with Crippen molar-refractivity contribution in [3.8, 4) is 0 Å². The number of hydrogen-bond acceptors (Lipinski definition) is 3. The minimum absolute atomic E-state index is 0.539. The van der Waals surface area contributed by atoms with E-state index in [-0.39, 0.29) is 0 Å². The first kappa shape index (κ1) is 17.2. The van der Waals surface area contributed by atoms with Crippen LogP contribution in [0.2, 0.25) is 0 Å². The van der Waals surface area contributed by atoms with E-state index in [4.69, 9.17) is 0 Å². The molecule has 20 heavy (non-hydrogen) atoms. The van der Waals surface area contributed by atoms with Crippen molar-refractivity contribution in [2.75, 3.05) is 6.54 Å². The lowest BCUT2D eigenvalue weighted by Crippen LogP contribution is -2.33. The van der Waals surface area contributed by atoms with E-state index in [1.54, 1.807) is 6.33 Å². The second kappa shape index (κ2) is 9.92. The molecule has 4 nitrogen and oxygen atoms in total. The third-order valence-corrected chi connectivity index (χ3v) is 3.50. The molecule has 0 aromatic carbocycles. The van der Waals surface area contributed by atoms with Gasteiger partial charge in [-0.1, -0.05) is 47.0 Å². The van der Waals surface area contributed by atoms with Crippen LogP contribution in [-0.4, -0.2) is 27.4 Å². The minimum atomic E-state index is 0.539. The average molecular weight is 280 g/mol. The van der Waals surface area contributed by atoms with Crippen LogP contribution in [0.3, 0.4) is 0 Å². The Hall–Kier alpha value is -0.900. The second-order valence-electron chi connectivity index (χ2n) is 6.10. The first-order valence-corrected chi connectivity index (χ1v) is 8.27. The van der Waals surface area contributed by atoms with Crippen LogP contribution in [0, 0.1) is 5.92 Å². The van der Waals surface area contributed by atoms with Gasteiger partial charge in [0.25, 0.3) is 0 Å². The molecule has 1 rings (SSSR count). The molecule has 0 bridgehead atoms. The number of aromatic nitrogens is 3. The lowest BCUT2D eigenvalue weighted by atomic mass is 10.0. The molecule has 1 aromatic heterocycles. The summed E-state index contributed by atoms with van der Waals surface area (Å²) in [5, 5.41) is 8.03. The molecule has 4 heteroatoms. The third-order valence-electron chi connectivity index (χ3n) is 3.50. The van der Waals surface area contributed by atoms with Gasteiger partial charge in [-0.25, -0.2) is 9.67 Å². The van der Waals surface area contributed by atoms with Crippen LogP contribution < -0.4 is 5.32 Å². The summed E-state index contributed by atoms with van der Waals surface area (Å²) < 4.78 is 2.07. The van der Waals surface area contributed by atoms with Crippen molar-refractivity contribution in [1.29, 1.82) is 0 Å². The maximum Gasteiger partial charge on any atom is 0.138 e. The first-order chi connectivity index (χ1) is 9.67. The van der Waals surface area contributed by atoms with Gasteiger partial charge in [0.2, 0.25) is 0 Å². The quantitative estimate of drug-likeness (QED) is 0.632. The maximum absolute atomic E-state index is 4.46. The van der Waals surface area contributed by atoms with Crippen molar-refractivity contribution in [2.24, 2.45) is 5.92 Å². The Morgan fingerprint density at radius 3 is 2.65 bits per heavy atom. The molecule has 0 spiro atoms. The van der Waals surface area contributed by atoms with Gasteiger partial charge in [-0.2, -0.15) is 5.10 Å². The van der Waals surface area contributed by atoms with E-state index < -0.39 is 0 Å². The van der Waals surface area contributed by atoms with Gasteiger partial charge in [0, 0.05) is 19.0 Å². The topological polar surface area (TPSA) is 42.7 Å². The van der Waals surface area contributed by atoms with E-state index in [1.807, 2.05) is 0 Å². The van der Waals surface area contributed by atoms with Gasteiger partial charge in [0.1, 0.15) is 12.2 Å². The molecule has 0 aliphatic heterocycles. The Kier molecular flexibility index (Phi) is 8.51. The number of nitrogens with one attached hydrogen (secondary N) is 1. The smallest absolute Gasteiger partial charge is 0.138 e. The predicted molar refractivity (Wildman–Crippen MR) is 84.8 cm³/mol. The van der Waals surface area contributed by atoms with Gasteiger partial charge >= 0.3 is 0 Å². The van der Waals surface area contributed by atoms with E-state index in [9.17, 15) is 0 Å². The van der Waals surface area contributed by atoms with Gasteiger partial charge in [-0.3, -0.25) is 0 Å². The normalized spacial score (nSPS) is 13.1. The van der Waals surface area contributed by atoms with Crippen molar-refractivity contribution in [3.63, 3.8) is 0 Å². The molecule has 0 saturated heterocycles. The summed E-state index contributed by atoms with van der Waals surface area (Å²) in [6, 6.07) is 0.539. The zero-order valence-corrected chi connectivity index (χ0v) is 13.7. The Bertz CT molecular complexity index is 346. The number of unbranched alkanes of at least 4 members (excludes halogenated alkanes) is 2. The molecule has 0 amide bonds. The van der Waals surface area contributed by atoms with Gasteiger partial charge in [-0.05, 0) is 25.3 Å². The standard InChI is InChI=1S/C16H32N4/c1-5-7-8-9-15(17-10-6-2)11-16-18-13-19-20(16)12-14(3)4/h13-15,17H,5-12H2,1-4H3. The predicted octanol–water partition coefficient (Wildman–Crippen LogP) is 3.43. The molecule has 1 aromatic rings. The lowest BCUT2D eigenvalue weighted by molar-refractivity contribution is 0.418. The van der Waals surface area contributed by atoms with Crippen molar-refractivity contribution < 1.29 is 0 Å². The Morgan fingerprint density at radius 2 is 2.00 bits per heavy atom. The van der Waals surface area contributed by atoms with Crippen LogP contribution in [0.25, 0.3) is 0 Å². The highest BCUT2D eigenvalue weighted by Crippen LogP contribution is 2.10. The molecule has 0 aliphatic carbocycles. The van der Waals surface area contributed by atoms with Crippen LogP contribution in [0.4, 0.5) is 0 Å². The van der Waals surface area contributed by atoms with Crippen molar-refractivity contribution in [1.82, 2.24) is 20.1 Å². The number of nitrogens with zero attached hydrogens (tertiary/aromatic N) is 3. The largest absolute Gasteiger partial charge is 0.314 e. The molecule has 0 radical (unpaired) electrons. The van der Waals surface area contributed by atoms with Gasteiger partial charge in [-0.15, -0.1) is 0 Å². The van der Waals surface area contributed by atoms with E-state index >= 15 is 0 Å². The molecule has 1 N–H and O–H groups in total. The van der Waals surface area contributed by atoms with Crippen molar-refractivity contribution >= 4 is 0 Å². The fraction of sp³-hybridized carbons (Fsp3) is 0.875. The summed E-state index contributed by atoms with van der Waals surface area (Å²) in [5.41, 5.74) is 0. The maximum atomic E-state index is 4.46. The number of hydrogen-bond donors (Lipinski definition) is 1. The average Bonchev–Trinajstić information content (AvgIpc) is 2.82. The fourth-order valence-corrected chi connectivity index (χ4v) is 2.43. The monoisotopic (exact) mass is 280 g/mol. The third kappa shape index (κ3) is 6.51. The molecule has 1 atom stereocenters. The zero-order chi connectivity index (χ0) is 14.8. The molecule has 1 unspecified atom stereocenters. The molecule has 0 fully saturated rings. The molecular weight excluding hydrogens is 248 g/mol. The van der Waals surface area contributed by atoms with Crippen LogP contribution in [0.1, 0.15) is 65.6 Å². The van der Waals surface area contributed by atoms with Crippen LogP contribution in [0.15, 0.2) is 6.33 Å². The summed E-state index contributed by atoms with van der Waals surface area (Å²) in [7, 11) is 0. The molecule has 116 valence electrons. The lowest BCUT2D eigenvalue weighted by Gasteiger charge is -2.19. The highest BCUT2D eigenvalue weighted by molar-refractivity contribution is 4.90. The first-order valence-electron chi connectivity index (χ1n) is 8.27. The van der Waals surface area contributed by atoms with Crippen LogP contribution in [-0.2, 0) is 13.0 Å². The van der Waals surface area contributed by atoms with Crippen molar-refractivity contribution in [2.45, 2.75) is 78.8 Å². The van der Waals surface area contributed by atoms with Crippen LogP contribution in [0.5, 0.6) is 0 Å². The Morgan fingerprint density at radius 1 is 1.20 bits per heavy atom. The zero-order valence-electron chi connectivity index (χ0n) is 13.7. The summed E-state index contributed by atoms with van der Waals surface area (Å²) in [4.78, 5) is 4.46. The molecular formula is C16H32N4. The van der Waals surface area contributed by atoms with Crippen LogP contribution >= 0.6 is 0 Å². The van der Waals surface area contributed by atoms with E-state index in [0.29, 0.717) is 12.0 Å². The summed E-state index contributed by atoms with van der Waals surface area (Å²) in [5.74, 6) is 1.74. The summed E-state index contributed by atoms with van der Waals surface area (Å²) in [6.07, 6.45) is 9.02. The molecule has 0 saturated carbocycles. The van der Waals surface area contributed by atoms with Gasteiger partial charge < -0.3 is 5.32 Å². The fourth-order valence-electron chi connectivity index (χ4n) is 2.43. The SMILES string of the molecule is CCCCCC(Cc1ncnn1CC(C)C)NCCC. The van der Waals surface area contributed by atoms with E-state index in [2.05, 4.69) is 47.8 Å². The summed E-state index contributed by atoms with van der Waals surface area (Å²) in [6.45, 7) is 11.0. The Balaban J connectivity index is 2.55. The Labute approximate surface area is 124 Å². The second-order valence-corrected chi connectivity index (χ2v) is 6.10. The van der Waals surface area contributed by atoms with Crippen molar-refractivity contribution in [3.05, 3.63) is 12.2 Å².